The van der Waals surface area contributed by atoms with E-state index < -0.39 is 0 Å². The Hall–Kier alpha value is -4.33. The van der Waals surface area contributed by atoms with Crippen LogP contribution in [0.15, 0.2) is 59.3 Å². The molecule has 3 aromatic rings. The first-order valence-corrected chi connectivity index (χ1v) is 20.8. The fourth-order valence-corrected chi connectivity index (χ4v) is 10.2. The number of carbonyl (C=O) groups excluding carboxylic acids is 3. The van der Waals surface area contributed by atoms with Crippen LogP contribution in [0.5, 0.6) is 0 Å². The van der Waals surface area contributed by atoms with Crippen molar-refractivity contribution in [3.63, 3.8) is 0 Å². The monoisotopic (exact) mass is 749 g/mol. The van der Waals surface area contributed by atoms with Crippen LogP contribution in [0, 0.1) is 0 Å². The van der Waals surface area contributed by atoms with Crippen LogP contribution in [0.1, 0.15) is 98.6 Å². The highest BCUT2D eigenvalue weighted by Gasteiger charge is 2.42. The number of benzene rings is 1. The third kappa shape index (κ3) is 7.50. The second-order valence-electron chi connectivity index (χ2n) is 15.0. The number of likely N-dealkylation sites (tertiary alicyclic amines) is 2. The predicted molar refractivity (Wildman–Crippen MR) is 210 cm³/mol. The van der Waals surface area contributed by atoms with Crippen LogP contribution in [-0.4, -0.2) is 105 Å². The molecule has 0 saturated carbocycles. The molecular weight excluding hydrogens is 699 g/mol. The van der Waals surface area contributed by atoms with Crippen LogP contribution in [0.25, 0.3) is 17.5 Å². The number of aromatic nitrogens is 4. The number of piperidine rings is 3. The number of hydrogen-bond acceptors (Lipinski definition) is 10. The van der Waals surface area contributed by atoms with Gasteiger partial charge < -0.3 is 20.4 Å². The molecule has 54 heavy (non-hydrogen) atoms. The Morgan fingerprint density at radius 3 is 2.26 bits per heavy atom. The summed E-state index contributed by atoms with van der Waals surface area (Å²) in [5.74, 6) is 0.123. The summed E-state index contributed by atoms with van der Waals surface area (Å²) in [4.78, 5) is 47.4. The lowest BCUT2D eigenvalue weighted by Gasteiger charge is -2.36. The largest absolute Gasteiger partial charge is 0.385 e. The van der Waals surface area contributed by atoms with Crippen molar-refractivity contribution >= 4 is 35.6 Å². The molecule has 1 aliphatic carbocycles. The summed E-state index contributed by atoms with van der Waals surface area (Å²) in [6, 6.07) is 13.1. The number of allylic oxidation sites excluding steroid dienone is 1. The topological polar surface area (TPSA) is 137 Å². The highest BCUT2D eigenvalue weighted by molar-refractivity contribution is 8.05. The number of hydrogen-bond donors (Lipinski definition) is 3. The molecule has 284 valence electrons. The number of rotatable bonds is 7. The lowest BCUT2D eigenvalue weighted by atomic mass is 9.86. The molecule has 2 aromatic heterocycles. The molecule has 1 aromatic carbocycles. The van der Waals surface area contributed by atoms with Crippen LogP contribution >= 0.6 is 11.8 Å². The minimum Gasteiger partial charge on any atom is -0.385 e. The van der Waals surface area contributed by atoms with Crippen LogP contribution in [0.4, 0.5) is 0 Å². The summed E-state index contributed by atoms with van der Waals surface area (Å²) in [7, 11) is 0. The first-order chi connectivity index (χ1) is 26.5. The average Bonchev–Trinajstić information content (AvgIpc) is 3.82. The van der Waals surface area contributed by atoms with Crippen molar-refractivity contribution in [2.24, 2.45) is 0 Å². The molecule has 3 unspecified atom stereocenters. The maximum absolute atomic E-state index is 12.6. The van der Waals surface area contributed by atoms with E-state index in [9.17, 15) is 14.4 Å². The van der Waals surface area contributed by atoms with Gasteiger partial charge in [-0.25, -0.2) is 9.67 Å². The van der Waals surface area contributed by atoms with E-state index in [1.807, 2.05) is 18.5 Å². The van der Waals surface area contributed by atoms with Crippen LogP contribution in [0.2, 0.25) is 0 Å². The van der Waals surface area contributed by atoms with E-state index in [1.165, 1.54) is 5.56 Å². The van der Waals surface area contributed by atoms with E-state index in [0.29, 0.717) is 31.3 Å². The van der Waals surface area contributed by atoms with Gasteiger partial charge in [0, 0.05) is 62.6 Å². The van der Waals surface area contributed by atoms with E-state index >= 15 is 0 Å². The molecule has 3 amide bonds. The van der Waals surface area contributed by atoms with Gasteiger partial charge in [0.25, 0.3) is 5.91 Å². The normalized spacial score (nSPS) is 25.1. The van der Waals surface area contributed by atoms with Gasteiger partial charge in [-0.3, -0.25) is 19.7 Å². The molecule has 13 heteroatoms. The summed E-state index contributed by atoms with van der Waals surface area (Å²) >= 11 is 1.64. The number of carbonyl (C=O) groups is 3. The SMILES string of the molecule is CC.O=C1CCC(c2ccc(C3CCN(CCN4CCC(n5cc(-c6ccc7c(n6)C=CC6SC8=C(NCCNC8=O)C76)nn5)CC4)CC3)cc2)C(=O)N1. The third-order valence-corrected chi connectivity index (χ3v) is 13.2. The van der Waals surface area contributed by atoms with E-state index in [4.69, 9.17) is 4.98 Å². The predicted octanol–water partition coefficient (Wildman–Crippen LogP) is 4.56. The van der Waals surface area contributed by atoms with Crippen molar-refractivity contribution in [1.29, 1.82) is 0 Å². The molecule has 12 nitrogen and oxygen atoms in total. The Kier molecular flexibility index (Phi) is 11.0. The minimum absolute atomic E-state index is 0.0206. The van der Waals surface area contributed by atoms with Crippen LogP contribution < -0.4 is 16.0 Å². The average molecular weight is 750 g/mol. The van der Waals surface area contributed by atoms with Gasteiger partial charge in [-0.05, 0) is 79.9 Å². The number of thioether (sulfide) groups is 1. The van der Waals surface area contributed by atoms with E-state index in [-0.39, 0.29) is 34.8 Å². The Morgan fingerprint density at radius 2 is 1.52 bits per heavy atom. The number of nitrogens with one attached hydrogen (secondary N) is 3. The van der Waals surface area contributed by atoms with Gasteiger partial charge in [0.05, 0.1) is 34.4 Å². The van der Waals surface area contributed by atoms with Crippen molar-refractivity contribution in [3.05, 3.63) is 81.7 Å². The quantitative estimate of drug-likeness (QED) is 0.295. The smallest absolute Gasteiger partial charge is 0.259 e. The van der Waals surface area contributed by atoms with Crippen LogP contribution in [0.3, 0.4) is 0 Å². The lowest BCUT2D eigenvalue weighted by molar-refractivity contribution is -0.134. The molecule has 9 rings (SSSR count). The van der Waals surface area contributed by atoms with Crippen LogP contribution in [-0.2, 0) is 14.4 Å². The standard InChI is InChI=1S/C39H45N9O3S.C2H6/c49-34-10-6-28(38(50)43-34)26-3-1-24(2-4-26)25-11-17-46(18-12-25)21-22-47-19-13-27(14-20-47)48-23-32(44-45-48)31-7-5-29-30(42-31)8-9-33-35(29)36-37(52-33)39(51)41-16-15-40-36;1-2/h1-5,7-9,23,25,27-28,33,35,40H,6,10-22H2,(H,41,51)(H,43,49,50);1-2H3. The summed E-state index contributed by atoms with van der Waals surface area (Å²) in [5.41, 5.74) is 7.10. The number of amides is 3. The molecule has 5 aliphatic heterocycles. The summed E-state index contributed by atoms with van der Waals surface area (Å²) in [6.45, 7) is 11.9. The van der Waals surface area contributed by atoms with Crippen molar-refractivity contribution in [2.75, 3.05) is 52.4 Å². The van der Waals surface area contributed by atoms with Crippen molar-refractivity contribution in [2.45, 2.75) is 81.4 Å². The van der Waals surface area contributed by atoms with Gasteiger partial charge >= 0.3 is 0 Å². The summed E-state index contributed by atoms with van der Waals surface area (Å²) in [5, 5.41) is 18.3. The fourth-order valence-electron chi connectivity index (χ4n) is 8.85. The van der Waals surface area contributed by atoms with E-state index in [0.717, 1.165) is 110 Å². The number of imide groups is 1. The molecule has 6 aliphatic rings. The molecule has 3 N–H and O–H groups in total. The Morgan fingerprint density at radius 1 is 0.815 bits per heavy atom. The Balaban J connectivity index is 0.00000203. The number of fused-ring (bicyclic) bond motifs is 4. The zero-order valence-electron chi connectivity index (χ0n) is 31.3. The molecule has 3 saturated heterocycles. The van der Waals surface area contributed by atoms with E-state index in [2.05, 4.69) is 90.8 Å². The molecule has 0 radical (unpaired) electrons. The zero-order chi connectivity index (χ0) is 37.2. The molecule has 0 bridgehead atoms. The third-order valence-electron chi connectivity index (χ3n) is 11.9. The molecular formula is C41H51N9O3S. The first-order valence-electron chi connectivity index (χ1n) is 19.9. The van der Waals surface area contributed by atoms with Gasteiger partial charge in [0.1, 0.15) is 5.69 Å². The maximum atomic E-state index is 12.6. The lowest BCUT2D eigenvalue weighted by Crippen LogP contribution is -2.42. The van der Waals surface area contributed by atoms with Gasteiger partial charge in [0.15, 0.2) is 0 Å². The second kappa shape index (κ2) is 16.2. The van der Waals surface area contributed by atoms with Gasteiger partial charge in [-0.2, -0.15) is 0 Å². The van der Waals surface area contributed by atoms with Gasteiger partial charge in [-0.15, -0.1) is 16.9 Å². The summed E-state index contributed by atoms with van der Waals surface area (Å²) in [6.07, 6.45) is 11.7. The number of nitrogens with zero attached hydrogens (tertiary/aromatic N) is 6. The zero-order valence-corrected chi connectivity index (χ0v) is 32.1. The van der Waals surface area contributed by atoms with Crippen molar-refractivity contribution in [3.8, 4) is 11.4 Å². The highest BCUT2D eigenvalue weighted by Crippen LogP contribution is 2.50. The minimum atomic E-state index is -0.220. The fraction of sp³-hybridized carbons (Fsp3) is 0.512. The van der Waals surface area contributed by atoms with Gasteiger partial charge in [-0.1, -0.05) is 55.5 Å². The Bertz CT molecular complexity index is 1930. The molecule has 3 atom stereocenters. The summed E-state index contributed by atoms with van der Waals surface area (Å²) < 4.78 is 2.04. The molecule has 3 fully saturated rings. The maximum Gasteiger partial charge on any atom is 0.259 e. The van der Waals surface area contributed by atoms with Crippen molar-refractivity contribution in [1.82, 2.24) is 45.7 Å². The first kappa shape index (κ1) is 36.6. The van der Waals surface area contributed by atoms with E-state index in [1.54, 1.807) is 11.8 Å². The number of pyridine rings is 1. The van der Waals surface area contributed by atoms with Crippen molar-refractivity contribution < 1.29 is 14.4 Å². The Labute approximate surface area is 321 Å². The molecule has 0 spiro atoms. The highest BCUT2D eigenvalue weighted by atomic mass is 32.2. The molecule has 7 heterocycles. The van der Waals surface area contributed by atoms with Gasteiger partial charge in [0.2, 0.25) is 11.8 Å². The second-order valence-corrected chi connectivity index (χ2v) is 16.1.